The van der Waals surface area contributed by atoms with Gasteiger partial charge in [0, 0.05) is 23.7 Å². The Hall–Kier alpha value is -1.57. The van der Waals surface area contributed by atoms with E-state index in [9.17, 15) is 4.79 Å². The number of ether oxygens (including phenoxy) is 3. The van der Waals surface area contributed by atoms with Crippen LogP contribution in [-0.2, 0) is 19.0 Å². The third kappa shape index (κ3) is 5.03. The van der Waals surface area contributed by atoms with Gasteiger partial charge in [0.05, 0.1) is 20.3 Å². The van der Waals surface area contributed by atoms with Crippen LogP contribution in [0.2, 0.25) is 0 Å². The summed E-state index contributed by atoms with van der Waals surface area (Å²) in [6, 6.07) is 0. The van der Waals surface area contributed by atoms with E-state index < -0.39 is 11.8 Å². The third-order valence-corrected chi connectivity index (χ3v) is 6.11. The summed E-state index contributed by atoms with van der Waals surface area (Å²) in [4.78, 5) is 11.5. The zero-order chi connectivity index (χ0) is 19.9. The van der Waals surface area contributed by atoms with E-state index in [1.807, 2.05) is 6.08 Å². The van der Waals surface area contributed by atoms with Gasteiger partial charge >= 0.3 is 5.97 Å². The maximum atomic E-state index is 11.5. The largest absolute Gasteiger partial charge is 0.459 e. The quantitative estimate of drug-likeness (QED) is 0.282. The van der Waals surface area contributed by atoms with Gasteiger partial charge in [-0.15, -0.1) is 6.58 Å². The topological polar surface area (TPSA) is 44.8 Å². The summed E-state index contributed by atoms with van der Waals surface area (Å²) in [5.41, 5.74) is 1.19. The van der Waals surface area contributed by atoms with Crippen LogP contribution in [-0.4, -0.2) is 32.1 Å². The lowest BCUT2D eigenvalue weighted by atomic mass is 9.68. The molecule has 1 aliphatic heterocycles. The van der Waals surface area contributed by atoms with Crippen LogP contribution in [0.3, 0.4) is 0 Å². The Kier molecular flexibility index (Phi) is 7.70. The highest BCUT2D eigenvalue weighted by atomic mass is 16.7. The molecule has 0 aromatic rings. The number of carbonyl (C=O) groups is 1. The molecule has 1 spiro atoms. The highest BCUT2D eigenvalue weighted by molar-refractivity contribution is 5.88. The number of carbonyl (C=O) groups excluding carboxylic acids is 1. The molecule has 1 saturated heterocycles. The van der Waals surface area contributed by atoms with Crippen molar-refractivity contribution in [2.45, 2.75) is 65.1 Å². The van der Waals surface area contributed by atoms with Crippen LogP contribution in [0.4, 0.5) is 0 Å². The van der Waals surface area contributed by atoms with Crippen molar-refractivity contribution in [1.82, 2.24) is 0 Å². The molecule has 2 rings (SSSR count). The molecule has 3 atom stereocenters. The molecule has 0 bridgehead atoms. The van der Waals surface area contributed by atoms with Crippen LogP contribution < -0.4 is 0 Å². The van der Waals surface area contributed by atoms with E-state index in [4.69, 9.17) is 9.47 Å². The average Bonchev–Trinajstić information content (AvgIpc) is 3.22. The standard InChI is InChI=1S/C23H34O4/c1-6-7-8-19(10-12-21(24)25-5)17-22(4)20(11-9-18(2)3)13-14-23(22)26-15-16-27-23/h6,9,19-20H,1,7-8,11,13-17H2,2-5H3/t19?,20-,22+/m0/s1. The van der Waals surface area contributed by atoms with E-state index in [1.54, 1.807) is 0 Å². The number of esters is 1. The maximum Gasteiger partial charge on any atom is 0.384 e. The zero-order valence-electron chi connectivity index (χ0n) is 17.3. The Balaban J connectivity index is 2.29. The van der Waals surface area contributed by atoms with Crippen molar-refractivity contribution in [3.63, 3.8) is 0 Å². The van der Waals surface area contributed by atoms with Gasteiger partial charge in [0.25, 0.3) is 0 Å². The van der Waals surface area contributed by atoms with Crippen LogP contribution >= 0.6 is 0 Å². The van der Waals surface area contributed by atoms with Gasteiger partial charge in [-0.3, -0.25) is 0 Å². The van der Waals surface area contributed by atoms with Crippen LogP contribution in [0.1, 0.15) is 59.3 Å². The Morgan fingerprint density at radius 1 is 1.37 bits per heavy atom. The summed E-state index contributed by atoms with van der Waals surface area (Å²) in [6.07, 6.45) is 9.82. The van der Waals surface area contributed by atoms with Crippen molar-refractivity contribution in [3.05, 3.63) is 24.3 Å². The molecule has 2 aliphatic rings. The molecule has 1 aliphatic carbocycles. The number of methoxy groups -OCH3 is 1. The van der Waals surface area contributed by atoms with Gasteiger partial charge in [-0.25, -0.2) is 4.79 Å². The summed E-state index contributed by atoms with van der Waals surface area (Å²) in [7, 11) is 1.36. The lowest BCUT2D eigenvalue weighted by Gasteiger charge is -2.44. The van der Waals surface area contributed by atoms with Crippen molar-refractivity contribution in [1.29, 1.82) is 0 Å². The summed E-state index contributed by atoms with van der Waals surface area (Å²) >= 11 is 0. The summed E-state index contributed by atoms with van der Waals surface area (Å²) in [5.74, 6) is 5.32. The summed E-state index contributed by atoms with van der Waals surface area (Å²) < 4.78 is 17.1. The molecule has 0 N–H and O–H groups in total. The first-order chi connectivity index (χ1) is 12.9. The Morgan fingerprint density at radius 3 is 2.67 bits per heavy atom. The molecule has 1 saturated carbocycles. The van der Waals surface area contributed by atoms with Crippen molar-refractivity contribution in [2.24, 2.45) is 17.3 Å². The minimum absolute atomic E-state index is 0.0732. The van der Waals surface area contributed by atoms with Crippen molar-refractivity contribution in [3.8, 4) is 11.8 Å². The number of hydrogen-bond donors (Lipinski definition) is 0. The van der Waals surface area contributed by atoms with Crippen LogP contribution in [0.5, 0.6) is 0 Å². The smallest absolute Gasteiger partial charge is 0.384 e. The Labute approximate surface area is 164 Å². The third-order valence-electron chi connectivity index (χ3n) is 6.11. The fourth-order valence-electron chi connectivity index (χ4n) is 4.55. The molecule has 4 heteroatoms. The zero-order valence-corrected chi connectivity index (χ0v) is 17.3. The lowest BCUT2D eigenvalue weighted by Crippen LogP contribution is -2.47. The lowest BCUT2D eigenvalue weighted by molar-refractivity contribution is -0.228. The van der Waals surface area contributed by atoms with Gasteiger partial charge in [-0.2, -0.15) is 0 Å². The molecule has 4 nitrogen and oxygen atoms in total. The van der Waals surface area contributed by atoms with E-state index in [-0.39, 0.29) is 11.3 Å². The highest BCUT2D eigenvalue weighted by Crippen LogP contribution is 2.59. The normalized spacial score (nSPS) is 26.9. The van der Waals surface area contributed by atoms with Crippen molar-refractivity contribution >= 4 is 5.97 Å². The second kappa shape index (κ2) is 9.57. The first-order valence-electron chi connectivity index (χ1n) is 9.98. The molecule has 0 radical (unpaired) electrons. The number of hydrogen-bond acceptors (Lipinski definition) is 4. The Bertz CT molecular complexity index is 614. The first-order valence-corrected chi connectivity index (χ1v) is 9.98. The van der Waals surface area contributed by atoms with Gasteiger partial charge in [-0.1, -0.05) is 30.6 Å². The fraction of sp³-hybridized carbons (Fsp3) is 0.696. The molecule has 0 aromatic heterocycles. The van der Waals surface area contributed by atoms with Gasteiger partial charge < -0.3 is 14.2 Å². The molecule has 0 aromatic carbocycles. The molecule has 0 amide bonds. The first kappa shape index (κ1) is 21.7. The Morgan fingerprint density at radius 2 is 2.07 bits per heavy atom. The molecular formula is C23H34O4. The minimum Gasteiger partial charge on any atom is -0.459 e. The van der Waals surface area contributed by atoms with E-state index in [2.05, 4.69) is 50.0 Å². The maximum absolute atomic E-state index is 11.5. The summed E-state index contributed by atoms with van der Waals surface area (Å²) in [6.45, 7) is 11.7. The predicted molar refractivity (Wildman–Crippen MR) is 107 cm³/mol. The summed E-state index contributed by atoms with van der Waals surface area (Å²) in [5, 5.41) is 0. The van der Waals surface area contributed by atoms with Gasteiger partial charge in [0.1, 0.15) is 0 Å². The molecule has 2 fully saturated rings. The molecule has 1 unspecified atom stereocenters. The van der Waals surface area contributed by atoms with E-state index >= 15 is 0 Å². The van der Waals surface area contributed by atoms with E-state index in [1.165, 1.54) is 12.7 Å². The van der Waals surface area contributed by atoms with Crippen LogP contribution in [0.25, 0.3) is 0 Å². The molecule has 150 valence electrons. The van der Waals surface area contributed by atoms with Gasteiger partial charge in [0.2, 0.25) is 0 Å². The second-order valence-corrected chi connectivity index (χ2v) is 8.15. The van der Waals surface area contributed by atoms with E-state index in [0.717, 1.165) is 38.5 Å². The van der Waals surface area contributed by atoms with Crippen LogP contribution in [0, 0.1) is 29.1 Å². The average molecular weight is 375 g/mol. The van der Waals surface area contributed by atoms with Gasteiger partial charge in [0.15, 0.2) is 5.79 Å². The monoisotopic (exact) mass is 374 g/mol. The minimum atomic E-state index is -0.521. The predicted octanol–water partition coefficient (Wildman–Crippen LogP) is 4.65. The fourth-order valence-corrected chi connectivity index (χ4v) is 4.55. The molecule has 1 heterocycles. The number of rotatable bonds is 7. The SMILES string of the molecule is C=CCCC(C#CC(=O)OC)C[C@]1(C)[C@@H](CC=C(C)C)CCC12OCCO2. The number of allylic oxidation sites excluding steroid dienone is 3. The van der Waals surface area contributed by atoms with E-state index in [0.29, 0.717) is 19.1 Å². The molecule has 27 heavy (non-hydrogen) atoms. The second-order valence-electron chi connectivity index (χ2n) is 8.15. The highest BCUT2D eigenvalue weighted by Gasteiger charge is 2.60. The van der Waals surface area contributed by atoms with Crippen LogP contribution in [0.15, 0.2) is 24.3 Å². The van der Waals surface area contributed by atoms with Crippen molar-refractivity contribution in [2.75, 3.05) is 20.3 Å². The molecular weight excluding hydrogens is 340 g/mol. The van der Waals surface area contributed by atoms with Crippen molar-refractivity contribution < 1.29 is 19.0 Å². The van der Waals surface area contributed by atoms with Gasteiger partial charge in [-0.05, 0) is 51.9 Å².